The van der Waals surface area contributed by atoms with E-state index in [-0.39, 0.29) is 0 Å². The molecule has 2 nitrogen and oxygen atoms in total. The monoisotopic (exact) mass is 263 g/mol. The molecular weight excluding hydrogens is 263 g/mol. The standard InChI is InChI=1S/C5F9O2/c6-2(7,1(15)16)3(8,9)4(10,11)5(12,13)14. The lowest BCUT2D eigenvalue weighted by Crippen LogP contribution is -2.63. The van der Waals surface area contributed by atoms with Crippen LogP contribution >= 0.6 is 0 Å². The highest BCUT2D eigenvalue weighted by molar-refractivity contribution is 5.76. The third-order valence-electron chi connectivity index (χ3n) is 1.40. The van der Waals surface area contributed by atoms with E-state index in [1.54, 1.807) is 0 Å². The maximum atomic E-state index is 12.1. The summed E-state index contributed by atoms with van der Waals surface area (Å²) in [5, 5.41) is 9.40. The van der Waals surface area contributed by atoms with Crippen LogP contribution in [0.15, 0.2) is 0 Å². The molecule has 0 bridgehead atoms. The summed E-state index contributed by atoms with van der Waals surface area (Å²) in [6.07, 6.45) is -7.03. The molecule has 0 aromatic carbocycles. The van der Waals surface area contributed by atoms with E-state index in [0.717, 1.165) is 0 Å². The van der Waals surface area contributed by atoms with Gasteiger partial charge in [0.25, 0.3) is 0 Å². The third-order valence-corrected chi connectivity index (χ3v) is 1.40. The smallest absolute Gasteiger partial charge is 0.240 e. The molecule has 0 aliphatic carbocycles. The Bertz CT molecular complexity index is 291. The molecule has 0 rings (SSSR count). The van der Waals surface area contributed by atoms with Crippen molar-refractivity contribution in [3.8, 4) is 0 Å². The summed E-state index contributed by atoms with van der Waals surface area (Å²) in [6, 6.07) is 0. The molecule has 1 radical (unpaired) electrons. The number of alkyl halides is 9. The summed E-state index contributed by atoms with van der Waals surface area (Å²) < 4.78 is 106. The van der Waals surface area contributed by atoms with Crippen molar-refractivity contribution >= 4 is 5.97 Å². The Morgan fingerprint density at radius 3 is 1.19 bits per heavy atom. The Morgan fingerprint density at radius 1 is 0.688 bits per heavy atom. The Morgan fingerprint density at radius 2 is 1.00 bits per heavy atom. The van der Waals surface area contributed by atoms with Crippen LogP contribution in [0.4, 0.5) is 39.5 Å². The van der Waals surface area contributed by atoms with Gasteiger partial charge in [-0.3, -0.25) is 0 Å². The van der Waals surface area contributed by atoms with Gasteiger partial charge < -0.3 is 0 Å². The molecule has 0 spiro atoms. The minimum Gasteiger partial charge on any atom is -0.240 e. The van der Waals surface area contributed by atoms with Gasteiger partial charge in [0, 0.05) is 0 Å². The lowest BCUT2D eigenvalue weighted by molar-refractivity contribution is -0.390. The maximum absolute atomic E-state index is 12.1. The molecule has 0 aromatic rings. The minimum absolute atomic E-state index is 4.04. The zero-order chi connectivity index (χ0) is 13.6. The van der Waals surface area contributed by atoms with E-state index in [4.69, 9.17) is 0 Å². The second-order valence-corrected chi connectivity index (χ2v) is 2.51. The second-order valence-electron chi connectivity index (χ2n) is 2.51. The Balaban J connectivity index is 5.62. The number of carbonyl (C=O) groups is 1. The van der Waals surface area contributed by atoms with Crippen LogP contribution in [0.25, 0.3) is 0 Å². The molecule has 0 heterocycles. The Labute approximate surface area is 80.6 Å². The highest BCUT2D eigenvalue weighted by Gasteiger charge is 2.84. The molecule has 0 fully saturated rings. The van der Waals surface area contributed by atoms with E-state index < -0.39 is 29.9 Å². The predicted octanol–water partition coefficient (Wildman–Crippen LogP) is 2.41. The SMILES string of the molecule is [O]C(=O)C(F)(F)C(F)(F)C(F)(F)C(F)(F)F. The Kier molecular flexibility index (Phi) is 3.17. The number of carbonyl (C=O) groups excluding carboxylic acids is 1. The molecule has 0 saturated heterocycles. The number of hydrogen-bond acceptors (Lipinski definition) is 1. The number of hydrogen-bond donors (Lipinski definition) is 0. The molecule has 0 saturated carbocycles. The van der Waals surface area contributed by atoms with Crippen LogP contribution in [0.3, 0.4) is 0 Å². The fraction of sp³-hybridized carbons (Fsp3) is 0.800. The van der Waals surface area contributed by atoms with Crippen LogP contribution in [0.5, 0.6) is 0 Å². The zero-order valence-corrected chi connectivity index (χ0v) is 6.72. The van der Waals surface area contributed by atoms with Gasteiger partial charge in [-0.1, -0.05) is 0 Å². The van der Waals surface area contributed by atoms with E-state index in [2.05, 4.69) is 0 Å². The van der Waals surface area contributed by atoms with Crippen LogP contribution in [0.2, 0.25) is 0 Å². The van der Waals surface area contributed by atoms with E-state index in [9.17, 15) is 49.4 Å². The topological polar surface area (TPSA) is 37.0 Å². The largest absolute Gasteiger partial charge is 0.460 e. The first-order valence-corrected chi connectivity index (χ1v) is 3.11. The molecule has 11 heteroatoms. The highest BCUT2D eigenvalue weighted by atomic mass is 19.4. The molecule has 0 aliphatic heterocycles. The van der Waals surface area contributed by atoms with Gasteiger partial charge in [-0.05, 0) is 0 Å². The lowest BCUT2D eigenvalue weighted by Gasteiger charge is -2.30. The van der Waals surface area contributed by atoms with Gasteiger partial charge >= 0.3 is 29.9 Å². The molecule has 0 aromatic heterocycles. The highest BCUT2D eigenvalue weighted by Crippen LogP contribution is 2.53. The molecule has 95 valence electrons. The van der Waals surface area contributed by atoms with Crippen molar-refractivity contribution in [1.29, 1.82) is 0 Å². The van der Waals surface area contributed by atoms with Crippen LogP contribution in [-0.4, -0.2) is 29.9 Å². The van der Waals surface area contributed by atoms with Gasteiger partial charge in [-0.2, -0.15) is 39.5 Å². The first-order chi connectivity index (χ1) is 6.69. The molecule has 16 heavy (non-hydrogen) atoms. The Hall–Kier alpha value is -1.16. The summed E-state index contributed by atoms with van der Waals surface area (Å²) in [7, 11) is 0. The van der Waals surface area contributed by atoms with Gasteiger partial charge in [-0.25, -0.2) is 9.90 Å². The molecule has 0 amide bonds. The predicted molar refractivity (Wildman–Crippen MR) is 26.6 cm³/mol. The normalized spacial score (nSPS) is 15.1. The van der Waals surface area contributed by atoms with Crippen molar-refractivity contribution in [2.75, 3.05) is 0 Å². The summed E-state index contributed by atoms with van der Waals surface area (Å²) >= 11 is 0. The van der Waals surface area contributed by atoms with Gasteiger partial charge in [0.15, 0.2) is 0 Å². The van der Waals surface area contributed by atoms with E-state index in [1.807, 2.05) is 0 Å². The maximum Gasteiger partial charge on any atom is 0.460 e. The van der Waals surface area contributed by atoms with Gasteiger partial charge in [0.2, 0.25) is 0 Å². The number of rotatable bonds is 3. The van der Waals surface area contributed by atoms with Crippen LogP contribution in [0, 0.1) is 0 Å². The molecule has 0 unspecified atom stereocenters. The average Bonchev–Trinajstić information content (AvgIpc) is 2.00. The van der Waals surface area contributed by atoms with Crippen molar-refractivity contribution in [2.45, 2.75) is 23.9 Å². The van der Waals surface area contributed by atoms with Crippen molar-refractivity contribution in [2.24, 2.45) is 0 Å². The average molecular weight is 263 g/mol. The summed E-state index contributed by atoms with van der Waals surface area (Å²) in [5.74, 6) is -25.1. The zero-order valence-electron chi connectivity index (χ0n) is 6.72. The number of halogens is 9. The van der Waals surface area contributed by atoms with Crippen molar-refractivity contribution < 1.29 is 49.4 Å². The van der Waals surface area contributed by atoms with Crippen LogP contribution in [-0.2, 0) is 9.90 Å². The van der Waals surface area contributed by atoms with E-state index in [0.29, 0.717) is 0 Å². The minimum atomic E-state index is -7.20. The van der Waals surface area contributed by atoms with Gasteiger partial charge in [-0.15, -0.1) is 0 Å². The van der Waals surface area contributed by atoms with Crippen LogP contribution in [0.1, 0.15) is 0 Å². The quantitative estimate of drug-likeness (QED) is 0.720. The molecule has 0 N–H and O–H groups in total. The van der Waals surface area contributed by atoms with Crippen LogP contribution < -0.4 is 0 Å². The van der Waals surface area contributed by atoms with E-state index >= 15 is 0 Å². The van der Waals surface area contributed by atoms with Gasteiger partial charge in [0.05, 0.1) is 0 Å². The molecular formula is C5F9O2. The first-order valence-electron chi connectivity index (χ1n) is 3.11. The van der Waals surface area contributed by atoms with E-state index in [1.165, 1.54) is 0 Å². The first kappa shape index (κ1) is 14.8. The fourth-order valence-corrected chi connectivity index (χ4v) is 0.503. The second kappa shape index (κ2) is 3.42. The fourth-order valence-electron chi connectivity index (χ4n) is 0.503. The summed E-state index contributed by atoms with van der Waals surface area (Å²) in [6.45, 7) is 0. The summed E-state index contributed by atoms with van der Waals surface area (Å²) in [5.41, 5.74) is 0. The lowest BCUT2D eigenvalue weighted by atomic mass is 10.0. The van der Waals surface area contributed by atoms with Crippen molar-refractivity contribution in [3.05, 3.63) is 0 Å². The third kappa shape index (κ3) is 1.78. The van der Waals surface area contributed by atoms with Crippen molar-refractivity contribution in [1.82, 2.24) is 0 Å². The molecule has 0 aliphatic rings. The van der Waals surface area contributed by atoms with Gasteiger partial charge in [0.1, 0.15) is 0 Å². The molecule has 0 atom stereocenters. The summed E-state index contributed by atoms with van der Waals surface area (Å²) in [4.78, 5) is 9.40. The van der Waals surface area contributed by atoms with Crippen molar-refractivity contribution in [3.63, 3.8) is 0 Å².